The van der Waals surface area contributed by atoms with E-state index in [9.17, 15) is 0 Å². The Hall–Kier alpha value is -4.30. The Bertz CT molecular complexity index is 1950. The predicted molar refractivity (Wildman–Crippen MR) is 148 cm³/mol. The summed E-state index contributed by atoms with van der Waals surface area (Å²) in [7, 11) is 2.02. The molecule has 0 amide bonds. The molecular formula is C32H18BN. The Labute approximate surface area is 196 Å². The zero-order chi connectivity index (χ0) is 22.2. The van der Waals surface area contributed by atoms with Gasteiger partial charge in [-0.3, -0.25) is 0 Å². The third kappa shape index (κ3) is 2.35. The summed E-state index contributed by atoms with van der Waals surface area (Å²) in [6.45, 7) is 0. The number of aromatic nitrogens is 1. The van der Waals surface area contributed by atoms with Gasteiger partial charge < -0.3 is 0 Å². The van der Waals surface area contributed by atoms with Gasteiger partial charge in [0.25, 0.3) is 0 Å². The van der Waals surface area contributed by atoms with Crippen molar-refractivity contribution >= 4 is 82.4 Å². The molecule has 8 rings (SSSR count). The van der Waals surface area contributed by atoms with Gasteiger partial charge in [0.05, 0.1) is 0 Å². The van der Waals surface area contributed by atoms with Gasteiger partial charge in [-0.1, -0.05) is 0 Å². The second kappa shape index (κ2) is 6.62. The summed E-state index contributed by atoms with van der Waals surface area (Å²) < 4.78 is 0. The van der Waals surface area contributed by atoms with Crippen molar-refractivity contribution in [2.75, 3.05) is 0 Å². The molecule has 1 aromatic heterocycles. The SMILES string of the molecule is b1nccc2ccc3ccc4ccc5ccc6ccc7ccc8ccccc8c7c6c5c4c3c12. The van der Waals surface area contributed by atoms with Crippen LogP contribution in [-0.2, 0) is 0 Å². The summed E-state index contributed by atoms with van der Waals surface area (Å²) in [6.07, 6.45) is 1.88. The molecule has 0 saturated heterocycles. The average Bonchev–Trinajstić information content (AvgIpc) is 2.91. The maximum atomic E-state index is 4.50. The molecule has 0 bridgehead atoms. The van der Waals surface area contributed by atoms with Crippen molar-refractivity contribution < 1.29 is 0 Å². The monoisotopic (exact) mass is 427 g/mol. The van der Waals surface area contributed by atoms with Crippen LogP contribution in [-0.4, -0.2) is 11.9 Å². The average molecular weight is 427 g/mol. The Kier molecular flexibility index (Phi) is 3.54. The van der Waals surface area contributed by atoms with E-state index in [1.165, 1.54) is 75.3 Å². The van der Waals surface area contributed by atoms with Crippen LogP contribution in [0.15, 0.2) is 109 Å². The van der Waals surface area contributed by atoms with Crippen LogP contribution < -0.4 is 0 Å². The van der Waals surface area contributed by atoms with E-state index in [1.54, 1.807) is 0 Å². The molecule has 0 aliphatic rings. The summed E-state index contributed by atoms with van der Waals surface area (Å²) >= 11 is 0. The Morgan fingerprint density at radius 2 is 0.853 bits per heavy atom. The normalized spacial score (nSPS) is 12.0. The van der Waals surface area contributed by atoms with Crippen molar-refractivity contribution in [2.24, 2.45) is 0 Å². The van der Waals surface area contributed by atoms with Gasteiger partial charge in [-0.25, -0.2) is 0 Å². The van der Waals surface area contributed by atoms with Crippen molar-refractivity contribution in [3.63, 3.8) is 0 Å². The van der Waals surface area contributed by atoms with Gasteiger partial charge in [-0.2, -0.15) is 0 Å². The first-order chi connectivity index (χ1) is 16.9. The van der Waals surface area contributed by atoms with Gasteiger partial charge in [-0.15, -0.1) is 0 Å². The minimum atomic E-state index is 1.21. The topological polar surface area (TPSA) is 12.9 Å². The zero-order valence-electron chi connectivity index (χ0n) is 18.4. The Morgan fingerprint density at radius 1 is 0.382 bits per heavy atom. The van der Waals surface area contributed by atoms with E-state index in [1.807, 2.05) is 13.2 Å². The number of rotatable bonds is 0. The molecule has 0 aliphatic heterocycles. The molecule has 154 valence electrons. The molecule has 2 heteroatoms. The van der Waals surface area contributed by atoms with Crippen molar-refractivity contribution in [1.82, 2.24) is 4.89 Å². The van der Waals surface area contributed by atoms with E-state index in [4.69, 9.17) is 0 Å². The molecule has 0 N–H and O–H groups in total. The van der Waals surface area contributed by atoms with Gasteiger partial charge in [0.15, 0.2) is 0 Å². The van der Waals surface area contributed by atoms with Gasteiger partial charge >= 0.3 is 197 Å². The third-order valence-electron chi connectivity index (χ3n) is 7.45. The zero-order valence-corrected chi connectivity index (χ0v) is 18.4. The maximum absolute atomic E-state index is 4.50. The van der Waals surface area contributed by atoms with Crippen molar-refractivity contribution in [3.8, 4) is 0 Å². The van der Waals surface area contributed by atoms with Gasteiger partial charge in [-0.05, 0) is 0 Å². The number of benzene rings is 7. The number of nitrogens with zero attached hydrogens (tertiary/aromatic N) is 1. The summed E-state index contributed by atoms with van der Waals surface area (Å²) in [4.78, 5) is 4.50. The number of hydrogen-bond acceptors (Lipinski definition) is 1. The van der Waals surface area contributed by atoms with Crippen molar-refractivity contribution in [3.05, 3.63) is 109 Å². The van der Waals surface area contributed by atoms with E-state index in [0.717, 1.165) is 0 Å². The van der Waals surface area contributed by atoms with Crippen LogP contribution in [0.5, 0.6) is 0 Å². The van der Waals surface area contributed by atoms with E-state index < -0.39 is 0 Å². The summed E-state index contributed by atoms with van der Waals surface area (Å²) in [6, 6.07) is 37.9. The first-order valence-electron chi connectivity index (χ1n) is 11.7. The van der Waals surface area contributed by atoms with E-state index in [-0.39, 0.29) is 0 Å². The molecule has 7 aromatic carbocycles. The van der Waals surface area contributed by atoms with Crippen LogP contribution in [0.25, 0.3) is 75.3 Å². The summed E-state index contributed by atoms with van der Waals surface area (Å²) in [5.41, 5.74) is 0. The Morgan fingerprint density at radius 3 is 1.53 bits per heavy atom. The number of fused-ring (bicyclic) bond motifs is 13. The first kappa shape index (κ1) is 18.2. The van der Waals surface area contributed by atoms with E-state index >= 15 is 0 Å². The molecule has 0 radical (unpaired) electrons. The molecule has 0 atom stereocenters. The third-order valence-corrected chi connectivity index (χ3v) is 7.45. The Balaban J connectivity index is 1.78. The molecule has 34 heavy (non-hydrogen) atoms. The first-order valence-corrected chi connectivity index (χ1v) is 11.7. The summed E-state index contributed by atoms with van der Waals surface area (Å²) in [5.74, 6) is 0. The van der Waals surface area contributed by atoms with Gasteiger partial charge in [0.1, 0.15) is 0 Å². The second-order valence-corrected chi connectivity index (χ2v) is 9.20. The fraction of sp³-hybridized carbons (Fsp3) is 0. The molecule has 1 nitrogen and oxygen atoms in total. The minimum absolute atomic E-state index is 1.21. The van der Waals surface area contributed by atoms with Crippen LogP contribution in [0.1, 0.15) is 0 Å². The molecule has 8 aromatic rings. The van der Waals surface area contributed by atoms with Gasteiger partial charge in [0.2, 0.25) is 0 Å². The molecule has 0 aliphatic carbocycles. The van der Waals surface area contributed by atoms with Crippen molar-refractivity contribution in [2.45, 2.75) is 0 Å². The fourth-order valence-electron chi connectivity index (χ4n) is 5.93. The number of hydrogen-bond donors (Lipinski definition) is 0. The van der Waals surface area contributed by atoms with Crippen LogP contribution in [0, 0.1) is 0 Å². The predicted octanol–water partition coefficient (Wildman–Crippen LogP) is 8.49. The van der Waals surface area contributed by atoms with Crippen molar-refractivity contribution in [1.29, 1.82) is 0 Å². The van der Waals surface area contributed by atoms with Crippen LogP contribution in [0.2, 0.25) is 0 Å². The molecule has 0 unspecified atom stereocenters. The van der Waals surface area contributed by atoms with E-state index in [0.29, 0.717) is 0 Å². The van der Waals surface area contributed by atoms with Crippen LogP contribution in [0.4, 0.5) is 0 Å². The standard InChI is InChI=1S/C32H18BN/c1-2-4-26-19(3-1)5-6-20-7-8-21-9-10-22-11-12-23-13-14-24-15-16-25-17-18-34-33-32(25)31(24)30(23)29(22)28(21)27(20)26/h1-18H. The quantitative estimate of drug-likeness (QED) is 0.221. The van der Waals surface area contributed by atoms with E-state index in [2.05, 4.69) is 108 Å². The van der Waals surface area contributed by atoms with Crippen LogP contribution >= 0.6 is 0 Å². The fourth-order valence-corrected chi connectivity index (χ4v) is 5.93. The summed E-state index contributed by atoms with van der Waals surface area (Å²) in [5, 5.41) is 18.0. The molecule has 0 saturated carbocycles. The van der Waals surface area contributed by atoms with Gasteiger partial charge in [0, 0.05) is 0 Å². The molecule has 1 heterocycles. The molecule has 0 fully saturated rings. The molecular weight excluding hydrogens is 409 g/mol. The molecule has 0 spiro atoms. The second-order valence-electron chi connectivity index (χ2n) is 9.20. The van der Waals surface area contributed by atoms with Crippen LogP contribution in [0.3, 0.4) is 0 Å².